The number of amides is 2. The monoisotopic (exact) mass is 295 g/mol. The summed E-state index contributed by atoms with van der Waals surface area (Å²) in [4.78, 5) is 25.6. The number of likely N-dealkylation sites (tertiary alicyclic amines) is 1. The van der Waals surface area contributed by atoms with Crippen LogP contribution in [0.15, 0.2) is 0 Å². The SMILES string of the molecule is CNC(=O)CN1CCC(CNC(=O)C2CCCCC2)CC1. The van der Waals surface area contributed by atoms with Crippen LogP contribution in [0, 0.1) is 11.8 Å². The van der Waals surface area contributed by atoms with Crippen molar-refractivity contribution in [1.29, 1.82) is 0 Å². The molecule has 1 saturated carbocycles. The number of likely N-dealkylation sites (N-methyl/N-ethyl adjacent to an activating group) is 1. The fraction of sp³-hybridized carbons (Fsp3) is 0.875. The number of hydrogen-bond acceptors (Lipinski definition) is 3. The molecule has 0 aromatic heterocycles. The lowest BCUT2D eigenvalue weighted by atomic mass is 9.88. The zero-order valence-electron chi connectivity index (χ0n) is 13.2. The summed E-state index contributed by atoms with van der Waals surface area (Å²) >= 11 is 0. The Labute approximate surface area is 127 Å². The summed E-state index contributed by atoms with van der Waals surface area (Å²) in [5.74, 6) is 1.17. The Morgan fingerprint density at radius 3 is 2.33 bits per heavy atom. The molecule has 2 amide bonds. The molecule has 2 aliphatic rings. The molecular formula is C16H29N3O2. The summed E-state index contributed by atoms with van der Waals surface area (Å²) in [6.07, 6.45) is 7.97. The van der Waals surface area contributed by atoms with Gasteiger partial charge in [-0.25, -0.2) is 0 Å². The zero-order valence-corrected chi connectivity index (χ0v) is 13.2. The Morgan fingerprint density at radius 1 is 1.05 bits per heavy atom. The standard InChI is InChI=1S/C16H29N3O2/c1-17-15(20)12-19-9-7-13(8-10-19)11-18-16(21)14-5-3-2-4-6-14/h13-14H,2-12H2,1H3,(H,17,20)(H,18,21). The van der Waals surface area contributed by atoms with Crippen molar-refractivity contribution in [3.8, 4) is 0 Å². The van der Waals surface area contributed by atoms with Crippen molar-refractivity contribution in [2.24, 2.45) is 11.8 Å². The van der Waals surface area contributed by atoms with Crippen molar-refractivity contribution >= 4 is 11.8 Å². The van der Waals surface area contributed by atoms with Crippen molar-refractivity contribution in [2.75, 3.05) is 33.2 Å². The molecule has 0 unspecified atom stereocenters. The van der Waals surface area contributed by atoms with Gasteiger partial charge in [0, 0.05) is 19.5 Å². The van der Waals surface area contributed by atoms with Crippen molar-refractivity contribution in [2.45, 2.75) is 44.9 Å². The molecular weight excluding hydrogens is 266 g/mol. The lowest BCUT2D eigenvalue weighted by molar-refractivity contribution is -0.126. The van der Waals surface area contributed by atoms with Gasteiger partial charge in [0.2, 0.25) is 11.8 Å². The fourth-order valence-corrected chi connectivity index (χ4v) is 3.38. The Balaban J connectivity index is 1.62. The van der Waals surface area contributed by atoms with E-state index >= 15 is 0 Å². The lowest BCUT2D eigenvalue weighted by Gasteiger charge is -2.31. The number of nitrogens with one attached hydrogen (secondary N) is 2. The predicted molar refractivity (Wildman–Crippen MR) is 82.8 cm³/mol. The highest BCUT2D eigenvalue weighted by molar-refractivity contribution is 5.78. The highest BCUT2D eigenvalue weighted by atomic mass is 16.2. The van der Waals surface area contributed by atoms with E-state index in [1.165, 1.54) is 19.3 Å². The van der Waals surface area contributed by atoms with E-state index in [1.54, 1.807) is 7.05 Å². The number of carbonyl (C=O) groups is 2. The number of carbonyl (C=O) groups excluding carboxylic acids is 2. The van der Waals surface area contributed by atoms with Crippen LogP contribution in [-0.4, -0.2) is 49.9 Å². The van der Waals surface area contributed by atoms with E-state index in [-0.39, 0.29) is 17.7 Å². The third-order valence-electron chi connectivity index (χ3n) is 4.89. The molecule has 0 atom stereocenters. The van der Waals surface area contributed by atoms with Crippen LogP contribution in [0.3, 0.4) is 0 Å². The van der Waals surface area contributed by atoms with Crippen LogP contribution >= 0.6 is 0 Å². The topological polar surface area (TPSA) is 61.4 Å². The minimum atomic E-state index is 0.0825. The van der Waals surface area contributed by atoms with E-state index in [0.717, 1.165) is 45.3 Å². The summed E-state index contributed by atoms with van der Waals surface area (Å²) in [5, 5.41) is 5.81. The summed E-state index contributed by atoms with van der Waals surface area (Å²) in [6, 6.07) is 0. The van der Waals surface area contributed by atoms with Gasteiger partial charge in [-0.2, -0.15) is 0 Å². The number of nitrogens with zero attached hydrogens (tertiary/aromatic N) is 1. The Morgan fingerprint density at radius 2 is 1.71 bits per heavy atom. The van der Waals surface area contributed by atoms with Crippen LogP contribution in [-0.2, 0) is 9.59 Å². The Hall–Kier alpha value is -1.10. The van der Waals surface area contributed by atoms with Gasteiger partial charge in [-0.15, -0.1) is 0 Å². The molecule has 2 N–H and O–H groups in total. The number of hydrogen-bond donors (Lipinski definition) is 2. The molecule has 0 bridgehead atoms. The summed E-state index contributed by atoms with van der Waals surface area (Å²) < 4.78 is 0. The molecule has 0 spiro atoms. The third-order valence-corrected chi connectivity index (χ3v) is 4.89. The summed E-state index contributed by atoms with van der Waals surface area (Å²) in [7, 11) is 1.68. The Kier molecular flexibility index (Phi) is 6.49. The molecule has 120 valence electrons. The van der Waals surface area contributed by atoms with E-state index < -0.39 is 0 Å². The second kappa shape index (κ2) is 8.37. The van der Waals surface area contributed by atoms with E-state index in [4.69, 9.17) is 0 Å². The van der Waals surface area contributed by atoms with Crippen LogP contribution in [0.4, 0.5) is 0 Å². The van der Waals surface area contributed by atoms with E-state index in [0.29, 0.717) is 12.5 Å². The number of piperidine rings is 1. The first-order valence-corrected chi connectivity index (χ1v) is 8.39. The first kappa shape index (κ1) is 16.3. The van der Waals surface area contributed by atoms with Crippen LogP contribution in [0.5, 0.6) is 0 Å². The van der Waals surface area contributed by atoms with Crippen LogP contribution < -0.4 is 10.6 Å². The van der Waals surface area contributed by atoms with Gasteiger partial charge in [0.1, 0.15) is 0 Å². The molecule has 21 heavy (non-hydrogen) atoms. The molecule has 0 aromatic carbocycles. The van der Waals surface area contributed by atoms with Gasteiger partial charge in [-0.3, -0.25) is 14.5 Å². The Bertz CT molecular complexity index is 345. The maximum Gasteiger partial charge on any atom is 0.233 e. The molecule has 5 nitrogen and oxygen atoms in total. The van der Waals surface area contributed by atoms with Crippen molar-refractivity contribution in [3.63, 3.8) is 0 Å². The number of rotatable bonds is 5. The molecule has 1 heterocycles. The van der Waals surface area contributed by atoms with Crippen molar-refractivity contribution in [1.82, 2.24) is 15.5 Å². The van der Waals surface area contributed by atoms with Crippen LogP contribution in [0.25, 0.3) is 0 Å². The minimum Gasteiger partial charge on any atom is -0.358 e. The average molecular weight is 295 g/mol. The maximum absolute atomic E-state index is 12.1. The van der Waals surface area contributed by atoms with Crippen molar-refractivity contribution < 1.29 is 9.59 Å². The van der Waals surface area contributed by atoms with E-state index in [9.17, 15) is 9.59 Å². The third kappa shape index (κ3) is 5.30. The normalized spacial score (nSPS) is 22.0. The van der Waals surface area contributed by atoms with Gasteiger partial charge in [0.15, 0.2) is 0 Å². The lowest BCUT2D eigenvalue weighted by Crippen LogP contribution is -2.43. The zero-order chi connectivity index (χ0) is 15.1. The predicted octanol–water partition coefficient (Wildman–Crippen LogP) is 1.14. The average Bonchev–Trinajstić information content (AvgIpc) is 2.54. The highest BCUT2D eigenvalue weighted by Crippen LogP contribution is 2.24. The summed E-state index contributed by atoms with van der Waals surface area (Å²) in [6.45, 7) is 3.22. The van der Waals surface area contributed by atoms with Gasteiger partial charge in [-0.1, -0.05) is 19.3 Å². The molecule has 1 saturated heterocycles. The van der Waals surface area contributed by atoms with Gasteiger partial charge in [0.05, 0.1) is 6.54 Å². The second-order valence-corrected chi connectivity index (χ2v) is 6.47. The fourth-order valence-electron chi connectivity index (χ4n) is 3.38. The highest BCUT2D eigenvalue weighted by Gasteiger charge is 2.24. The first-order chi connectivity index (χ1) is 10.2. The van der Waals surface area contributed by atoms with Crippen LogP contribution in [0.2, 0.25) is 0 Å². The largest absolute Gasteiger partial charge is 0.358 e. The van der Waals surface area contributed by atoms with Gasteiger partial charge in [-0.05, 0) is 44.7 Å². The van der Waals surface area contributed by atoms with Gasteiger partial charge >= 0.3 is 0 Å². The quantitative estimate of drug-likeness (QED) is 0.799. The molecule has 1 aliphatic carbocycles. The first-order valence-electron chi connectivity index (χ1n) is 8.39. The molecule has 2 fully saturated rings. The maximum atomic E-state index is 12.1. The molecule has 2 rings (SSSR count). The van der Waals surface area contributed by atoms with E-state index in [1.807, 2.05) is 0 Å². The molecule has 0 aromatic rings. The molecule has 0 radical (unpaired) electrons. The second-order valence-electron chi connectivity index (χ2n) is 6.47. The van der Waals surface area contributed by atoms with E-state index in [2.05, 4.69) is 15.5 Å². The molecule has 5 heteroatoms. The van der Waals surface area contributed by atoms with Gasteiger partial charge in [0.25, 0.3) is 0 Å². The van der Waals surface area contributed by atoms with Gasteiger partial charge < -0.3 is 10.6 Å². The van der Waals surface area contributed by atoms with Crippen molar-refractivity contribution in [3.05, 3.63) is 0 Å². The summed E-state index contributed by atoms with van der Waals surface area (Å²) in [5.41, 5.74) is 0. The van der Waals surface area contributed by atoms with Crippen LogP contribution in [0.1, 0.15) is 44.9 Å². The molecule has 1 aliphatic heterocycles. The minimum absolute atomic E-state index is 0.0825. The smallest absolute Gasteiger partial charge is 0.233 e.